The normalized spacial score (nSPS) is 10.8. The fourth-order valence-corrected chi connectivity index (χ4v) is 2.10. The van der Waals surface area contributed by atoms with E-state index in [0.717, 1.165) is 29.9 Å². The molecule has 0 amide bonds. The summed E-state index contributed by atoms with van der Waals surface area (Å²) >= 11 is 0. The third-order valence-electron chi connectivity index (χ3n) is 3.21. The molecular formula is C15H16N4O. The number of aromatic amines is 1. The zero-order chi connectivity index (χ0) is 13.9. The van der Waals surface area contributed by atoms with E-state index >= 15 is 0 Å². The number of ether oxygens (including phenoxy) is 1. The lowest BCUT2D eigenvalue weighted by Gasteiger charge is -1.99. The smallest absolute Gasteiger partial charge is 0.215 e. The number of nitrogens with zero attached hydrogens (tertiary/aromatic N) is 2. The number of aryl methyl sites for hydroxylation is 2. The number of aromatic nitrogens is 3. The summed E-state index contributed by atoms with van der Waals surface area (Å²) in [7, 11) is 1.60. The van der Waals surface area contributed by atoms with Crippen LogP contribution in [-0.2, 0) is 12.8 Å². The molecule has 1 aromatic carbocycles. The first kappa shape index (κ1) is 12.5. The zero-order valence-corrected chi connectivity index (χ0v) is 11.3. The highest BCUT2D eigenvalue weighted by atomic mass is 16.5. The summed E-state index contributed by atoms with van der Waals surface area (Å²) in [5.41, 5.74) is 9.32. The first-order valence-electron chi connectivity index (χ1n) is 6.48. The first-order valence-corrected chi connectivity index (χ1v) is 6.48. The van der Waals surface area contributed by atoms with E-state index in [1.165, 1.54) is 5.56 Å². The van der Waals surface area contributed by atoms with Crippen molar-refractivity contribution in [3.63, 3.8) is 0 Å². The lowest BCUT2D eigenvalue weighted by molar-refractivity contribution is 0.399. The Balaban J connectivity index is 1.75. The summed E-state index contributed by atoms with van der Waals surface area (Å²) in [6, 6.07) is 11.7. The SMILES string of the molecule is COc1ccc2[nH]c(CCc3ccc(N)cc3)nc2n1. The summed E-state index contributed by atoms with van der Waals surface area (Å²) in [5.74, 6) is 1.51. The van der Waals surface area contributed by atoms with E-state index < -0.39 is 0 Å². The molecule has 0 bridgehead atoms. The minimum atomic E-state index is 0.578. The number of rotatable bonds is 4. The molecule has 2 aromatic heterocycles. The first-order chi connectivity index (χ1) is 9.74. The number of pyridine rings is 1. The minimum absolute atomic E-state index is 0.578. The number of nitrogens with one attached hydrogen (secondary N) is 1. The van der Waals surface area contributed by atoms with Crippen molar-refractivity contribution in [3.05, 3.63) is 47.8 Å². The molecule has 5 nitrogen and oxygen atoms in total. The molecule has 0 aliphatic heterocycles. The number of nitrogens with two attached hydrogens (primary N) is 1. The molecule has 0 saturated heterocycles. The molecule has 0 atom stereocenters. The van der Waals surface area contributed by atoms with E-state index in [0.29, 0.717) is 11.5 Å². The van der Waals surface area contributed by atoms with Gasteiger partial charge in [0.15, 0.2) is 5.65 Å². The van der Waals surface area contributed by atoms with Gasteiger partial charge in [0.2, 0.25) is 5.88 Å². The minimum Gasteiger partial charge on any atom is -0.481 e. The van der Waals surface area contributed by atoms with E-state index in [2.05, 4.69) is 15.0 Å². The maximum Gasteiger partial charge on any atom is 0.215 e. The molecular weight excluding hydrogens is 252 g/mol. The summed E-state index contributed by atoms with van der Waals surface area (Å²) < 4.78 is 5.10. The fourth-order valence-electron chi connectivity index (χ4n) is 2.10. The number of H-pyrrole nitrogens is 1. The lowest BCUT2D eigenvalue weighted by atomic mass is 10.1. The van der Waals surface area contributed by atoms with Crippen molar-refractivity contribution in [2.24, 2.45) is 0 Å². The van der Waals surface area contributed by atoms with Crippen LogP contribution in [0.15, 0.2) is 36.4 Å². The molecule has 3 N–H and O–H groups in total. The van der Waals surface area contributed by atoms with Crippen molar-refractivity contribution >= 4 is 16.9 Å². The van der Waals surface area contributed by atoms with Gasteiger partial charge in [0, 0.05) is 18.2 Å². The number of nitrogen functional groups attached to an aromatic ring is 1. The Labute approximate surface area is 116 Å². The van der Waals surface area contributed by atoms with E-state index in [9.17, 15) is 0 Å². The number of imidazole rings is 1. The van der Waals surface area contributed by atoms with E-state index in [4.69, 9.17) is 10.5 Å². The molecule has 2 heterocycles. The van der Waals surface area contributed by atoms with Gasteiger partial charge in [0.05, 0.1) is 12.6 Å². The topological polar surface area (TPSA) is 76.8 Å². The summed E-state index contributed by atoms with van der Waals surface area (Å²) in [6.45, 7) is 0. The zero-order valence-electron chi connectivity index (χ0n) is 11.3. The van der Waals surface area contributed by atoms with Crippen LogP contribution in [0.25, 0.3) is 11.2 Å². The Morgan fingerprint density at radius 2 is 1.85 bits per heavy atom. The van der Waals surface area contributed by atoms with Crippen molar-refractivity contribution in [2.75, 3.05) is 12.8 Å². The second kappa shape index (κ2) is 5.21. The highest BCUT2D eigenvalue weighted by Crippen LogP contribution is 2.15. The van der Waals surface area contributed by atoms with Gasteiger partial charge in [0.1, 0.15) is 5.82 Å². The van der Waals surface area contributed by atoms with Crippen LogP contribution in [0.2, 0.25) is 0 Å². The van der Waals surface area contributed by atoms with Gasteiger partial charge in [-0.05, 0) is 30.2 Å². The molecule has 20 heavy (non-hydrogen) atoms. The van der Waals surface area contributed by atoms with Crippen molar-refractivity contribution < 1.29 is 4.74 Å². The van der Waals surface area contributed by atoms with Gasteiger partial charge in [-0.25, -0.2) is 4.98 Å². The molecule has 0 unspecified atom stereocenters. The predicted molar refractivity (Wildman–Crippen MR) is 78.7 cm³/mol. The fraction of sp³-hybridized carbons (Fsp3) is 0.200. The van der Waals surface area contributed by atoms with Crippen LogP contribution in [0.5, 0.6) is 5.88 Å². The van der Waals surface area contributed by atoms with Gasteiger partial charge in [-0.1, -0.05) is 12.1 Å². The van der Waals surface area contributed by atoms with Crippen LogP contribution in [0.3, 0.4) is 0 Å². The molecule has 0 aliphatic carbocycles. The van der Waals surface area contributed by atoms with Crippen LogP contribution < -0.4 is 10.5 Å². The van der Waals surface area contributed by atoms with E-state index in [1.807, 2.05) is 36.4 Å². The van der Waals surface area contributed by atoms with Gasteiger partial charge in [-0.15, -0.1) is 0 Å². The van der Waals surface area contributed by atoms with Gasteiger partial charge >= 0.3 is 0 Å². The second-order valence-electron chi connectivity index (χ2n) is 4.65. The van der Waals surface area contributed by atoms with E-state index in [1.54, 1.807) is 7.11 Å². The molecule has 0 fully saturated rings. The van der Waals surface area contributed by atoms with Crippen molar-refractivity contribution in [3.8, 4) is 5.88 Å². The summed E-state index contributed by atoms with van der Waals surface area (Å²) in [4.78, 5) is 12.1. The molecule has 0 radical (unpaired) electrons. The highest BCUT2D eigenvalue weighted by Gasteiger charge is 2.05. The maximum absolute atomic E-state index is 5.67. The lowest BCUT2D eigenvalue weighted by Crippen LogP contribution is -1.94. The Morgan fingerprint density at radius 1 is 1.05 bits per heavy atom. The average molecular weight is 268 g/mol. The number of hydrogen-bond acceptors (Lipinski definition) is 4. The Morgan fingerprint density at radius 3 is 2.60 bits per heavy atom. The van der Waals surface area contributed by atoms with Gasteiger partial charge < -0.3 is 15.5 Å². The van der Waals surface area contributed by atoms with Crippen LogP contribution >= 0.6 is 0 Å². The third-order valence-corrected chi connectivity index (χ3v) is 3.21. The molecule has 0 saturated carbocycles. The average Bonchev–Trinajstić information content (AvgIpc) is 2.88. The monoisotopic (exact) mass is 268 g/mol. The molecule has 0 aliphatic rings. The molecule has 3 aromatic rings. The maximum atomic E-state index is 5.67. The van der Waals surface area contributed by atoms with Gasteiger partial charge in [0.25, 0.3) is 0 Å². The number of anilines is 1. The Kier molecular flexibility index (Phi) is 3.25. The van der Waals surface area contributed by atoms with Crippen LogP contribution in [0.1, 0.15) is 11.4 Å². The number of benzene rings is 1. The van der Waals surface area contributed by atoms with Crippen LogP contribution in [0.4, 0.5) is 5.69 Å². The molecule has 102 valence electrons. The van der Waals surface area contributed by atoms with Gasteiger partial charge in [-0.3, -0.25) is 0 Å². The molecule has 5 heteroatoms. The van der Waals surface area contributed by atoms with Crippen molar-refractivity contribution in [1.82, 2.24) is 15.0 Å². The number of hydrogen-bond donors (Lipinski definition) is 2. The largest absolute Gasteiger partial charge is 0.481 e. The van der Waals surface area contributed by atoms with Crippen LogP contribution in [0, 0.1) is 0 Å². The Bertz CT molecular complexity index is 718. The summed E-state index contributed by atoms with van der Waals surface area (Å²) in [5, 5.41) is 0. The molecule has 0 spiro atoms. The number of methoxy groups -OCH3 is 1. The van der Waals surface area contributed by atoms with Gasteiger partial charge in [-0.2, -0.15) is 4.98 Å². The highest BCUT2D eigenvalue weighted by molar-refractivity contribution is 5.71. The standard InChI is InChI=1S/C15H16N4O/c1-20-14-9-7-12-15(19-14)18-13(17-12)8-4-10-2-5-11(16)6-3-10/h2-3,5-7,9H,4,8,16H2,1H3,(H,17,18,19). The predicted octanol–water partition coefficient (Wildman–Crippen LogP) is 2.33. The second-order valence-corrected chi connectivity index (χ2v) is 4.65. The van der Waals surface area contributed by atoms with Crippen molar-refractivity contribution in [1.29, 1.82) is 0 Å². The summed E-state index contributed by atoms with van der Waals surface area (Å²) in [6.07, 6.45) is 1.75. The van der Waals surface area contributed by atoms with Crippen molar-refractivity contribution in [2.45, 2.75) is 12.8 Å². The van der Waals surface area contributed by atoms with Crippen LogP contribution in [-0.4, -0.2) is 22.1 Å². The van der Waals surface area contributed by atoms with E-state index in [-0.39, 0.29) is 0 Å². The third kappa shape index (κ3) is 2.56. The number of fused-ring (bicyclic) bond motifs is 1. The molecule has 3 rings (SSSR count). The quantitative estimate of drug-likeness (QED) is 0.712. The Hall–Kier alpha value is -2.56.